The number of aliphatic hydroxyl groups excluding tert-OH is 1. The highest BCUT2D eigenvalue weighted by Crippen LogP contribution is 2.32. The lowest BCUT2D eigenvalue weighted by Crippen LogP contribution is -2.02. The number of hydrogen-bond acceptors (Lipinski definition) is 3. The molecule has 3 heteroatoms. The van der Waals surface area contributed by atoms with Crippen molar-refractivity contribution in [1.82, 2.24) is 0 Å². The van der Waals surface area contributed by atoms with Crippen LogP contribution in [-0.2, 0) is 19.4 Å². The average Bonchev–Trinajstić information content (AvgIpc) is 2.86. The molecule has 0 aliphatic heterocycles. The van der Waals surface area contributed by atoms with E-state index in [0.29, 0.717) is 0 Å². The molecule has 1 heterocycles. The third-order valence-corrected chi connectivity index (χ3v) is 4.28. The summed E-state index contributed by atoms with van der Waals surface area (Å²) in [4.78, 5) is 0.933. The normalized spacial score (nSPS) is 14.3. The Morgan fingerprint density at radius 1 is 1.06 bits per heavy atom. The van der Waals surface area contributed by atoms with Crippen LogP contribution >= 0.6 is 11.3 Å². The van der Waals surface area contributed by atoms with Crippen molar-refractivity contribution in [2.45, 2.75) is 32.3 Å². The summed E-state index contributed by atoms with van der Waals surface area (Å²) in [6.45, 7) is 0.0816. The average molecular weight is 260 g/mol. The van der Waals surface area contributed by atoms with Crippen molar-refractivity contribution in [2.24, 2.45) is 0 Å². The van der Waals surface area contributed by atoms with E-state index in [9.17, 15) is 0 Å². The van der Waals surface area contributed by atoms with Crippen molar-refractivity contribution in [2.75, 3.05) is 0 Å². The van der Waals surface area contributed by atoms with E-state index in [1.807, 2.05) is 18.2 Å². The van der Waals surface area contributed by atoms with Gasteiger partial charge in [0, 0.05) is 4.88 Å². The minimum atomic E-state index is 0.0816. The molecule has 3 rings (SSSR count). The van der Waals surface area contributed by atoms with Gasteiger partial charge in [0.2, 0.25) is 0 Å². The van der Waals surface area contributed by atoms with Crippen LogP contribution in [0.2, 0.25) is 0 Å². The van der Waals surface area contributed by atoms with Gasteiger partial charge in [0.05, 0.1) is 6.61 Å². The Morgan fingerprint density at radius 2 is 1.89 bits per heavy atom. The van der Waals surface area contributed by atoms with Gasteiger partial charge in [-0.05, 0) is 61.1 Å². The predicted molar refractivity (Wildman–Crippen MR) is 73.4 cm³/mol. The molecule has 0 fully saturated rings. The molecule has 18 heavy (non-hydrogen) atoms. The quantitative estimate of drug-likeness (QED) is 0.906. The summed E-state index contributed by atoms with van der Waals surface area (Å²) in [7, 11) is 0. The molecule has 0 saturated carbocycles. The highest BCUT2D eigenvalue weighted by molar-refractivity contribution is 7.13. The second kappa shape index (κ2) is 5.12. The Hall–Kier alpha value is -1.32. The number of aliphatic hydroxyl groups is 1. The fourth-order valence-corrected chi connectivity index (χ4v) is 3.12. The van der Waals surface area contributed by atoms with Gasteiger partial charge >= 0.3 is 0 Å². The van der Waals surface area contributed by atoms with Gasteiger partial charge in [-0.2, -0.15) is 0 Å². The van der Waals surface area contributed by atoms with E-state index in [1.54, 1.807) is 0 Å². The van der Waals surface area contributed by atoms with Gasteiger partial charge in [-0.3, -0.25) is 0 Å². The van der Waals surface area contributed by atoms with E-state index < -0.39 is 0 Å². The molecule has 2 nitrogen and oxygen atoms in total. The lowest BCUT2D eigenvalue weighted by molar-refractivity contribution is 0.285. The Balaban J connectivity index is 1.80. The number of rotatable bonds is 3. The van der Waals surface area contributed by atoms with Crippen molar-refractivity contribution in [3.05, 3.63) is 46.3 Å². The molecular formula is C15H16O2S. The van der Waals surface area contributed by atoms with Crippen LogP contribution in [0.4, 0.5) is 0 Å². The second-order valence-corrected chi connectivity index (χ2v) is 5.75. The Bertz CT molecular complexity index is 545. The first-order valence-corrected chi connectivity index (χ1v) is 7.16. The standard InChI is InChI=1S/C15H16O2S/c16-10-14-7-8-15(18-14)17-13-6-5-11-3-1-2-4-12(11)9-13/h5-9,16H,1-4,10H2. The van der Waals surface area contributed by atoms with Gasteiger partial charge in [-0.1, -0.05) is 6.07 Å². The lowest BCUT2D eigenvalue weighted by atomic mass is 9.92. The summed E-state index contributed by atoms with van der Waals surface area (Å²) in [5.74, 6) is 0.905. The predicted octanol–water partition coefficient (Wildman–Crippen LogP) is 3.91. The van der Waals surface area contributed by atoms with Crippen LogP contribution in [0.25, 0.3) is 0 Å². The van der Waals surface area contributed by atoms with Crippen molar-refractivity contribution in [3.8, 4) is 10.8 Å². The zero-order chi connectivity index (χ0) is 12.4. The molecule has 0 radical (unpaired) electrons. The van der Waals surface area contributed by atoms with Crippen molar-refractivity contribution in [3.63, 3.8) is 0 Å². The number of hydrogen-bond donors (Lipinski definition) is 1. The molecule has 1 aromatic carbocycles. The number of benzene rings is 1. The highest BCUT2D eigenvalue weighted by atomic mass is 32.1. The first-order valence-electron chi connectivity index (χ1n) is 6.34. The van der Waals surface area contributed by atoms with Crippen molar-refractivity contribution >= 4 is 11.3 Å². The van der Waals surface area contributed by atoms with Gasteiger partial charge in [0.15, 0.2) is 5.06 Å². The molecule has 2 aromatic rings. The lowest BCUT2D eigenvalue weighted by Gasteiger charge is -2.16. The number of fused-ring (bicyclic) bond motifs is 1. The van der Waals surface area contributed by atoms with E-state index >= 15 is 0 Å². The molecule has 0 amide bonds. The molecule has 1 aromatic heterocycles. The molecule has 1 N–H and O–H groups in total. The maximum absolute atomic E-state index is 9.03. The van der Waals surface area contributed by atoms with Gasteiger partial charge in [-0.15, -0.1) is 11.3 Å². The zero-order valence-electron chi connectivity index (χ0n) is 10.2. The summed E-state index contributed by atoms with van der Waals surface area (Å²) in [5, 5.41) is 9.87. The number of thiophene rings is 1. The van der Waals surface area contributed by atoms with Crippen LogP contribution in [0.1, 0.15) is 28.8 Å². The maximum Gasteiger partial charge on any atom is 0.181 e. The fourth-order valence-electron chi connectivity index (χ4n) is 2.39. The van der Waals surface area contributed by atoms with Crippen LogP contribution < -0.4 is 4.74 Å². The molecule has 0 spiro atoms. The van der Waals surface area contributed by atoms with Gasteiger partial charge in [0.1, 0.15) is 5.75 Å². The van der Waals surface area contributed by atoms with Crippen molar-refractivity contribution in [1.29, 1.82) is 0 Å². The van der Waals surface area contributed by atoms with Gasteiger partial charge < -0.3 is 9.84 Å². The Labute approximate surface area is 111 Å². The molecule has 0 unspecified atom stereocenters. The smallest absolute Gasteiger partial charge is 0.181 e. The minimum Gasteiger partial charge on any atom is -0.447 e. The SMILES string of the molecule is OCc1ccc(Oc2ccc3c(c2)CCCC3)s1. The summed E-state index contributed by atoms with van der Waals surface area (Å²) in [5.41, 5.74) is 2.90. The first-order chi connectivity index (χ1) is 8.85. The third-order valence-electron chi connectivity index (χ3n) is 3.33. The molecule has 0 saturated heterocycles. The summed E-state index contributed by atoms with van der Waals surface area (Å²) in [6, 6.07) is 10.2. The molecule has 94 valence electrons. The molecule has 0 atom stereocenters. The topological polar surface area (TPSA) is 29.5 Å². The number of aryl methyl sites for hydroxylation is 2. The van der Waals surface area contributed by atoms with Crippen LogP contribution in [0.15, 0.2) is 30.3 Å². The summed E-state index contributed by atoms with van der Waals surface area (Å²) in [6.07, 6.45) is 4.95. The van der Waals surface area contributed by atoms with E-state index in [0.717, 1.165) is 15.7 Å². The molecule has 0 bridgehead atoms. The fraction of sp³-hybridized carbons (Fsp3) is 0.333. The van der Waals surface area contributed by atoms with Gasteiger partial charge in [0.25, 0.3) is 0 Å². The molecular weight excluding hydrogens is 244 g/mol. The Morgan fingerprint density at radius 3 is 2.67 bits per heavy atom. The highest BCUT2D eigenvalue weighted by Gasteiger charge is 2.10. The minimum absolute atomic E-state index is 0.0816. The first kappa shape index (κ1) is 11.8. The van der Waals surface area contributed by atoms with Crippen LogP contribution in [0.5, 0.6) is 10.8 Å². The number of ether oxygens (including phenoxy) is 1. The van der Waals surface area contributed by atoms with E-state index in [-0.39, 0.29) is 6.61 Å². The van der Waals surface area contributed by atoms with E-state index in [4.69, 9.17) is 9.84 Å². The zero-order valence-corrected chi connectivity index (χ0v) is 11.0. The van der Waals surface area contributed by atoms with Gasteiger partial charge in [-0.25, -0.2) is 0 Å². The van der Waals surface area contributed by atoms with Crippen molar-refractivity contribution < 1.29 is 9.84 Å². The maximum atomic E-state index is 9.03. The largest absolute Gasteiger partial charge is 0.447 e. The van der Waals surface area contributed by atoms with E-state index in [2.05, 4.69) is 12.1 Å². The molecule has 1 aliphatic rings. The van der Waals surface area contributed by atoms with Crippen LogP contribution in [0.3, 0.4) is 0 Å². The third kappa shape index (κ3) is 2.42. The summed E-state index contributed by atoms with van der Waals surface area (Å²) >= 11 is 1.49. The monoisotopic (exact) mass is 260 g/mol. The molecule has 1 aliphatic carbocycles. The summed E-state index contributed by atoms with van der Waals surface area (Å²) < 4.78 is 5.83. The Kier molecular flexibility index (Phi) is 3.35. The van der Waals surface area contributed by atoms with E-state index in [1.165, 1.54) is 48.1 Å². The van der Waals surface area contributed by atoms with Crippen LogP contribution in [-0.4, -0.2) is 5.11 Å². The second-order valence-electron chi connectivity index (χ2n) is 4.62. The van der Waals surface area contributed by atoms with Crippen LogP contribution in [0, 0.1) is 0 Å².